The number of piperazine rings is 1. The van der Waals surface area contributed by atoms with Crippen LogP contribution in [-0.4, -0.2) is 24.4 Å². The molecule has 64 valence electrons. The Morgan fingerprint density at radius 2 is 1.91 bits per heavy atom. The van der Waals surface area contributed by atoms with E-state index < -0.39 is 0 Å². The number of nitrogens with one attached hydrogen (secondary N) is 2. The Balaban J connectivity index is 0.000000461. The van der Waals surface area contributed by atoms with Gasteiger partial charge in [-0.05, 0) is 6.92 Å². The first-order chi connectivity index (χ1) is 5.20. The van der Waals surface area contributed by atoms with Gasteiger partial charge in [0.1, 0.15) is 6.04 Å². The molecule has 11 heavy (non-hydrogen) atoms. The third-order valence-electron chi connectivity index (χ3n) is 1.19. The summed E-state index contributed by atoms with van der Waals surface area (Å²) in [5.74, 6) is -0.239. The van der Waals surface area contributed by atoms with Crippen molar-refractivity contribution in [3.63, 3.8) is 0 Å². The number of carbonyl (C=O) groups is 2. The second-order valence-electron chi connectivity index (χ2n) is 2.01. The maximum atomic E-state index is 10.6. The largest absolute Gasteiger partial charge is 0.345 e. The number of amides is 2. The summed E-state index contributed by atoms with van der Waals surface area (Å²) in [7, 11) is 0. The molecule has 2 N–H and O–H groups in total. The summed E-state index contributed by atoms with van der Waals surface area (Å²) in [6, 6.07) is -0.369. The summed E-state index contributed by atoms with van der Waals surface area (Å²) in [5.41, 5.74) is 0. The topological polar surface area (TPSA) is 58.2 Å². The Labute approximate surface area is 66.4 Å². The van der Waals surface area contributed by atoms with Crippen LogP contribution >= 0.6 is 0 Å². The van der Waals surface area contributed by atoms with Crippen molar-refractivity contribution in [3.05, 3.63) is 0 Å². The minimum atomic E-state index is -0.369. The standard InChI is InChI=1S/C5H8N2O2.C2H6/c1-3-5(9)6-2-4(8)7-3;1-2/h3H,2H2,1H3,(H,6,9)(H,7,8);1-2H3. The number of rotatable bonds is 0. The molecule has 0 saturated carbocycles. The Bertz CT molecular complexity index is 157. The molecule has 1 rings (SSSR count). The highest BCUT2D eigenvalue weighted by atomic mass is 16.2. The van der Waals surface area contributed by atoms with Gasteiger partial charge in [-0.1, -0.05) is 13.8 Å². The smallest absolute Gasteiger partial charge is 0.242 e. The maximum absolute atomic E-state index is 10.6. The molecule has 0 aromatic carbocycles. The van der Waals surface area contributed by atoms with Gasteiger partial charge in [0.25, 0.3) is 0 Å². The Morgan fingerprint density at radius 3 is 2.27 bits per heavy atom. The highest BCUT2D eigenvalue weighted by Gasteiger charge is 2.20. The van der Waals surface area contributed by atoms with Crippen LogP contribution in [0.25, 0.3) is 0 Å². The van der Waals surface area contributed by atoms with Crippen LogP contribution in [0.5, 0.6) is 0 Å². The van der Waals surface area contributed by atoms with Crippen molar-refractivity contribution in [1.82, 2.24) is 10.6 Å². The van der Waals surface area contributed by atoms with Gasteiger partial charge < -0.3 is 10.6 Å². The molecule has 2 amide bonds. The van der Waals surface area contributed by atoms with Crippen LogP contribution < -0.4 is 10.6 Å². The summed E-state index contributed by atoms with van der Waals surface area (Å²) in [4.78, 5) is 21.1. The number of hydrogen-bond donors (Lipinski definition) is 2. The van der Waals surface area contributed by atoms with E-state index in [1.54, 1.807) is 6.92 Å². The molecule has 0 aliphatic carbocycles. The number of carbonyl (C=O) groups excluding carboxylic acids is 2. The monoisotopic (exact) mass is 158 g/mol. The predicted molar refractivity (Wildman–Crippen MR) is 42.0 cm³/mol. The lowest BCUT2D eigenvalue weighted by Gasteiger charge is -2.18. The maximum Gasteiger partial charge on any atom is 0.242 e. The van der Waals surface area contributed by atoms with Crippen LogP contribution in [0.4, 0.5) is 0 Å². The summed E-state index contributed by atoms with van der Waals surface area (Å²) < 4.78 is 0. The van der Waals surface area contributed by atoms with E-state index in [9.17, 15) is 9.59 Å². The SMILES string of the molecule is CC.CC1NC(=O)CNC1=O. The van der Waals surface area contributed by atoms with Crippen LogP contribution in [0.1, 0.15) is 20.8 Å². The molecule has 1 heterocycles. The van der Waals surface area contributed by atoms with E-state index in [1.165, 1.54) is 0 Å². The minimum Gasteiger partial charge on any atom is -0.345 e. The fourth-order valence-electron chi connectivity index (χ4n) is 0.679. The molecular formula is C7H14N2O2. The zero-order valence-corrected chi connectivity index (χ0v) is 7.10. The molecule has 1 fully saturated rings. The lowest BCUT2D eigenvalue weighted by atomic mass is 10.2. The average Bonchev–Trinajstić information content (AvgIpc) is 2.02. The molecule has 0 aromatic heterocycles. The second kappa shape index (κ2) is 4.71. The van der Waals surface area contributed by atoms with Gasteiger partial charge in [-0.15, -0.1) is 0 Å². The van der Waals surface area contributed by atoms with E-state index in [1.807, 2.05) is 13.8 Å². The van der Waals surface area contributed by atoms with Crippen LogP contribution in [0.3, 0.4) is 0 Å². The van der Waals surface area contributed by atoms with E-state index in [0.29, 0.717) is 0 Å². The fourth-order valence-corrected chi connectivity index (χ4v) is 0.679. The minimum absolute atomic E-state index is 0.114. The number of hydrogen-bond acceptors (Lipinski definition) is 2. The van der Waals surface area contributed by atoms with Crippen molar-refractivity contribution >= 4 is 11.8 Å². The van der Waals surface area contributed by atoms with Gasteiger partial charge in [0.15, 0.2) is 0 Å². The van der Waals surface area contributed by atoms with Gasteiger partial charge in [-0.2, -0.15) is 0 Å². The van der Waals surface area contributed by atoms with Crippen molar-refractivity contribution in [2.75, 3.05) is 6.54 Å². The van der Waals surface area contributed by atoms with Crippen molar-refractivity contribution in [2.24, 2.45) is 0 Å². The lowest BCUT2D eigenvalue weighted by Crippen LogP contribution is -2.54. The van der Waals surface area contributed by atoms with E-state index in [2.05, 4.69) is 10.6 Å². The van der Waals surface area contributed by atoms with Gasteiger partial charge in [0.2, 0.25) is 11.8 Å². The summed E-state index contributed by atoms with van der Waals surface area (Å²) >= 11 is 0. The quantitative estimate of drug-likeness (QED) is 0.506. The van der Waals surface area contributed by atoms with Gasteiger partial charge in [0, 0.05) is 0 Å². The van der Waals surface area contributed by atoms with Crippen LogP contribution in [0.15, 0.2) is 0 Å². The van der Waals surface area contributed by atoms with Gasteiger partial charge >= 0.3 is 0 Å². The molecule has 1 atom stereocenters. The Morgan fingerprint density at radius 1 is 1.36 bits per heavy atom. The second-order valence-corrected chi connectivity index (χ2v) is 2.01. The highest BCUT2D eigenvalue weighted by Crippen LogP contribution is 1.86. The average molecular weight is 158 g/mol. The van der Waals surface area contributed by atoms with Crippen molar-refractivity contribution in [1.29, 1.82) is 0 Å². The molecule has 0 bridgehead atoms. The summed E-state index contributed by atoms with van der Waals surface area (Å²) in [6.45, 7) is 5.76. The first-order valence-electron chi connectivity index (χ1n) is 3.77. The zero-order chi connectivity index (χ0) is 8.85. The van der Waals surface area contributed by atoms with Crippen LogP contribution in [0.2, 0.25) is 0 Å². The molecule has 1 aliphatic rings. The molecule has 4 nitrogen and oxygen atoms in total. The van der Waals surface area contributed by atoms with Crippen LogP contribution in [-0.2, 0) is 9.59 Å². The van der Waals surface area contributed by atoms with E-state index in [-0.39, 0.29) is 24.4 Å². The molecule has 0 radical (unpaired) electrons. The first-order valence-corrected chi connectivity index (χ1v) is 3.77. The molecule has 0 aromatic rings. The Hall–Kier alpha value is -1.06. The zero-order valence-electron chi connectivity index (χ0n) is 7.10. The van der Waals surface area contributed by atoms with Gasteiger partial charge in [-0.25, -0.2) is 0 Å². The molecule has 1 aliphatic heterocycles. The van der Waals surface area contributed by atoms with Gasteiger partial charge in [-0.3, -0.25) is 9.59 Å². The third-order valence-corrected chi connectivity index (χ3v) is 1.19. The van der Waals surface area contributed by atoms with Crippen molar-refractivity contribution < 1.29 is 9.59 Å². The van der Waals surface area contributed by atoms with Gasteiger partial charge in [0.05, 0.1) is 6.54 Å². The van der Waals surface area contributed by atoms with Crippen molar-refractivity contribution in [2.45, 2.75) is 26.8 Å². The molecule has 1 unspecified atom stereocenters. The molecule has 0 spiro atoms. The normalized spacial score (nSPS) is 22.6. The summed E-state index contributed by atoms with van der Waals surface area (Å²) in [5, 5.41) is 4.91. The third kappa shape index (κ3) is 3.02. The Kier molecular flexibility index (Phi) is 4.26. The fraction of sp³-hybridized carbons (Fsp3) is 0.714. The predicted octanol–water partition coefficient (Wildman–Crippen LogP) is -0.353. The lowest BCUT2D eigenvalue weighted by molar-refractivity contribution is -0.133. The summed E-state index contributed by atoms with van der Waals surface area (Å²) in [6.07, 6.45) is 0. The van der Waals surface area contributed by atoms with Crippen LogP contribution in [0, 0.1) is 0 Å². The van der Waals surface area contributed by atoms with E-state index in [0.717, 1.165) is 0 Å². The van der Waals surface area contributed by atoms with Crippen molar-refractivity contribution in [3.8, 4) is 0 Å². The highest BCUT2D eigenvalue weighted by molar-refractivity contribution is 5.94. The van der Waals surface area contributed by atoms with E-state index in [4.69, 9.17) is 0 Å². The van der Waals surface area contributed by atoms with E-state index >= 15 is 0 Å². The molecule has 1 saturated heterocycles. The molecule has 4 heteroatoms. The molecular weight excluding hydrogens is 144 g/mol. The first kappa shape index (κ1) is 9.94.